The number of halogens is 1. The average Bonchev–Trinajstić information content (AvgIpc) is 3.30. The second kappa shape index (κ2) is 8.44. The minimum absolute atomic E-state index is 0.178. The normalized spacial score (nSPS) is 22.6. The van der Waals surface area contributed by atoms with Crippen molar-refractivity contribution in [3.8, 4) is 0 Å². The summed E-state index contributed by atoms with van der Waals surface area (Å²) in [7, 11) is 0. The molecule has 0 bridgehead atoms. The highest BCUT2D eigenvalue weighted by atomic mass is 19.1. The number of non-ortho nitro benzene ring substituents is 1. The summed E-state index contributed by atoms with van der Waals surface area (Å²) in [4.78, 5) is 24.0. The summed E-state index contributed by atoms with van der Waals surface area (Å²) in [6, 6.07) is 3.96. The van der Waals surface area contributed by atoms with Gasteiger partial charge in [-0.3, -0.25) is 14.9 Å². The van der Waals surface area contributed by atoms with Crippen LogP contribution in [0.5, 0.6) is 0 Å². The van der Waals surface area contributed by atoms with Gasteiger partial charge >= 0.3 is 0 Å². The molecule has 142 valence electrons. The van der Waals surface area contributed by atoms with E-state index in [0.717, 1.165) is 51.3 Å². The molecule has 1 aromatic rings. The molecule has 1 aliphatic heterocycles. The number of carbonyl (C=O) groups is 1. The lowest BCUT2D eigenvalue weighted by atomic mass is 10.1. The van der Waals surface area contributed by atoms with Crippen molar-refractivity contribution < 1.29 is 14.1 Å². The highest BCUT2D eigenvalue weighted by Gasteiger charge is 2.26. The van der Waals surface area contributed by atoms with Gasteiger partial charge in [0.2, 0.25) is 5.91 Å². The first-order valence-electron chi connectivity index (χ1n) is 9.22. The highest BCUT2D eigenvalue weighted by Crippen LogP contribution is 2.27. The number of rotatable bonds is 7. The molecule has 26 heavy (non-hydrogen) atoms. The van der Waals surface area contributed by atoms with E-state index >= 15 is 0 Å². The third-order valence-corrected chi connectivity index (χ3v) is 5.29. The number of likely N-dealkylation sites (tertiary alicyclic amines) is 1. The van der Waals surface area contributed by atoms with Gasteiger partial charge in [-0.05, 0) is 44.1 Å². The summed E-state index contributed by atoms with van der Waals surface area (Å²) in [6.45, 7) is 2.76. The monoisotopic (exact) mass is 364 g/mol. The molecule has 1 heterocycles. The van der Waals surface area contributed by atoms with Gasteiger partial charge in [-0.1, -0.05) is 0 Å². The van der Waals surface area contributed by atoms with E-state index in [0.29, 0.717) is 25.0 Å². The topological polar surface area (TPSA) is 87.5 Å². The zero-order valence-electron chi connectivity index (χ0n) is 14.7. The molecule has 2 N–H and O–H groups in total. The Morgan fingerprint density at radius 1 is 1.31 bits per heavy atom. The van der Waals surface area contributed by atoms with Gasteiger partial charge in [-0.25, -0.2) is 4.39 Å². The maximum Gasteiger partial charge on any atom is 0.272 e. The van der Waals surface area contributed by atoms with Crippen LogP contribution in [0, 0.1) is 21.8 Å². The van der Waals surface area contributed by atoms with Crippen molar-refractivity contribution in [3.05, 3.63) is 34.1 Å². The van der Waals surface area contributed by atoms with Crippen molar-refractivity contribution in [3.63, 3.8) is 0 Å². The molecule has 3 rings (SSSR count). The van der Waals surface area contributed by atoms with Gasteiger partial charge in [0.25, 0.3) is 5.69 Å². The van der Waals surface area contributed by atoms with Crippen LogP contribution in [0.4, 0.5) is 15.8 Å². The lowest BCUT2D eigenvalue weighted by Gasteiger charge is -2.18. The molecule has 1 aliphatic carbocycles. The predicted octanol–water partition coefficient (Wildman–Crippen LogP) is 2.53. The molecule has 1 saturated heterocycles. The van der Waals surface area contributed by atoms with Crippen LogP contribution in [0.2, 0.25) is 0 Å². The number of nitrogens with zero attached hydrogens (tertiary/aromatic N) is 2. The average molecular weight is 364 g/mol. The Labute approximate surface area is 152 Å². The van der Waals surface area contributed by atoms with Gasteiger partial charge in [0.05, 0.1) is 23.2 Å². The molecular weight excluding hydrogens is 339 g/mol. The van der Waals surface area contributed by atoms with Crippen molar-refractivity contribution in [1.29, 1.82) is 0 Å². The van der Waals surface area contributed by atoms with Crippen LogP contribution in [-0.2, 0) is 4.79 Å². The number of hydrogen-bond acceptors (Lipinski definition) is 5. The van der Waals surface area contributed by atoms with Crippen molar-refractivity contribution >= 4 is 17.3 Å². The molecule has 2 aliphatic rings. The zero-order chi connectivity index (χ0) is 18.5. The van der Waals surface area contributed by atoms with Crippen molar-refractivity contribution in [2.45, 2.75) is 38.1 Å². The standard InChI is InChI=1S/C18H25FN4O3/c19-16-10-15(23(25)26)5-6-17(16)21-11-13-3-4-14(9-13)20-12-18(24)22-7-1-2-8-22/h5-6,10,13-14,20-21H,1-4,7-9,11-12H2. The minimum atomic E-state index is -0.608. The summed E-state index contributed by atoms with van der Waals surface area (Å²) in [5.74, 6) is -0.0379. The molecule has 1 saturated carbocycles. The fourth-order valence-corrected chi connectivity index (χ4v) is 3.77. The third-order valence-electron chi connectivity index (χ3n) is 5.29. The lowest BCUT2D eigenvalue weighted by molar-refractivity contribution is -0.385. The Kier molecular flexibility index (Phi) is 6.03. The van der Waals surface area contributed by atoms with Crippen LogP contribution in [0.3, 0.4) is 0 Å². The van der Waals surface area contributed by atoms with E-state index in [2.05, 4.69) is 10.6 Å². The SMILES string of the molecule is O=C(CNC1CCC(CNc2ccc([N+](=O)[O-])cc2F)C1)N1CCCC1. The summed E-state index contributed by atoms with van der Waals surface area (Å²) in [5.41, 5.74) is 0.0390. The number of nitro benzene ring substituents is 1. The van der Waals surface area contributed by atoms with Crippen LogP contribution in [0.15, 0.2) is 18.2 Å². The molecule has 0 aromatic heterocycles. The Bertz CT molecular complexity index is 664. The number of hydrogen-bond donors (Lipinski definition) is 2. The first-order valence-corrected chi connectivity index (χ1v) is 9.22. The molecule has 0 spiro atoms. The maximum atomic E-state index is 13.9. The number of carbonyl (C=O) groups excluding carboxylic acids is 1. The first-order chi connectivity index (χ1) is 12.5. The molecular formula is C18H25FN4O3. The van der Waals surface area contributed by atoms with E-state index < -0.39 is 10.7 Å². The smallest absolute Gasteiger partial charge is 0.272 e. The van der Waals surface area contributed by atoms with Crippen LogP contribution in [0.1, 0.15) is 32.1 Å². The Morgan fingerprint density at radius 3 is 2.77 bits per heavy atom. The lowest BCUT2D eigenvalue weighted by Crippen LogP contribution is -2.39. The van der Waals surface area contributed by atoms with E-state index in [9.17, 15) is 19.3 Å². The van der Waals surface area contributed by atoms with E-state index in [1.807, 2.05) is 4.90 Å². The summed E-state index contributed by atoms with van der Waals surface area (Å²) < 4.78 is 13.9. The fraction of sp³-hybridized carbons (Fsp3) is 0.611. The highest BCUT2D eigenvalue weighted by molar-refractivity contribution is 5.78. The zero-order valence-corrected chi connectivity index (χ0v) is 14.7. The van der Waals surface area contributed by atoms with E-state index in [1.165, 1.54) is 12.1 Å². The predicted molar refractivity (Wildman–Crippen MR) is 96.5 cm³/mol. The molecule has 0 radical (unpaired) electrons. The van der Waals surface area contributed by atoms with Gasteiger partial charge < -0.3 is 15.5 Å². The van der Waals surface area contributed by atoms with Crippen LogP contribution < -0.4 is 10.6 Å². The van der Waals surface area contributed by atoms with Gasteiger partial charge in [-0.15, -0.1) is 0 Å². The molecule has 7 nitrogen and oxygen atoms in total. The number of nitro groups is 1. The third kappa shape index (κ3) is 4.69. The van der Waals surface area contributed by atoms with Crippen LogP contribution >= 0.6 is 0 Å². The van der Waals surface area contributed by atoms with Crippen LogP contribution in [-0.4, -0.2) is 48.0 Å². The second-order valence-electron chi connectivity index (χ2n) is 7.15. The Morgan fingerprint density at radius 2 is 2.08 bits per heavy atom. The molecule has 2 atom stereocenters. The van der Waals surface area contributed by atoms with Crippen LogP contribution in [0.25, 0.3) is 0 Å². The molecule has 1 aromatic carbocycles. The summed E-state index contributed by atoms with van der Waals surface area (Å²) in [6.07, 6.45) is 5.15. The Hall–Kier alpha value is -2.22. The number of amides is 1. The minimum Gasteiger partial charge on any atom is -0.382 e. The largest absolute Gasteiger partial charge is 0.382 e. The maximum absolute atomic E-state index is 13.9. The first kappa shape index (κ1) is 18.6. The quantitative estimate of drug-likeness (QED) is 0.573. The van der Waals surface area contributed by atoms with Crippen molar-refractivity contribution in [2.24, 2.45) is 5.92 Å². The van der Waals surface area contributed by atoms with Gasteiger partial charge in [0.15, 0.2) is 5.82 Å². The Balaban J connectivity index is 1.40. The van der Waals surface area contributed by atoms with Crippen molar-refractivity contribution in [2.75, 3.05) is 31.5 Å². The number of benzene rings is 1. The second-order valence-corrected chi connectivity index (χ2v) is 7.15. The summed E-state index contributed by atoms with van der Waals surface area (Å²) in [5, 5.41) is 17.0. The van der Waals surface area contributed by atoms with Gasteiger partial charge in [0.1, 0.15) is 0 Å². The number of nitrogens with one attached hydrogen (secondary N) is 2. The molecule has 2 fully saturated rings. The van der Waals surface area contributed by atoms with E-state index in [-0.39, 0.29) is 17.3 Å². The van der Waals surface area contributed by atoms with E-state index in [1.54, 1.807) is 0 Å². The molecule has 8 heteroatoms. The van der Waals surface area contributed by atoms with Gasteiger partial charge in [0, 0.05) is 31.7 Å². The number of anilines is 1. The molecule has 2 unspecified atom stereocenters. The summed E-state index contributed by atoms with van der Waals surface area (Å²) >= 11 is 0. The van der Waals surface area contributed by atoms with Gasteiger partial charge in [-0.2, -0.15) is 0 Å². The van der Waals surface area contributed by atoms with E-state index in [4.69, 9.17) is 0 Å². The molecule has 1 amide bonds. The fourth-order valence-electron chi connectivity index (χ4n) is 3.77. The van der Waals surface area contributed by atoms with Crippen molar-refractivity contribution in [1.82, 2.24) is 10.2 Å².